The topological polar surface area (TPSA) is 137 Å². The highest BCUT2D eigenvalue weighted by Gasteiger charge is 2.44. The van der Waals surface area contributed by atoms with Crippen LogP contribution in [0, 0.1) is 0 Å². The normalized spacial score (nSPS) is 16.3. The predicted octanol–water partition coefficient (Wildman–Crippen LogP) is 3.24. The number of likely N-dealkylation sites (tertiary alicyclic amines) is 1. The number of benzene rings is 2. The number of nitrogens with zero attached hydrogens (tertiary/aromatic N) is 3. The molecule has 194 valence electrons. The van der Waals surface area contributed by atoms with Crippen molar-refractivity contribution in [3.63, 3.8) is 0 Å². The molecule has 0 saturated carbocycles. The van der Waals surface area contributed by atoms with Crippen molar-refractivity contribution in [3.05, 3.63) is 64.3 Å². The van der Waals surface area contributed by atoms with Crippen molar-refractivity contribution in [2.45, 2.75) is 24.9 Å². The molecule has 11 heteroatoms. The number of carbonyl (C=O) groups is 2. The van der Waals surface area contributed by atoms with E-state index >= 15 is 0 Å². The number of H-pyrrole nitrogens is 1. The first kappa shape index (κ1) is 23.7. The molecule has 6 rings (SSSR count). The summed E-state index contributed by atoms with van der Waals surface area (Å²) < 4.78 is 21.7. The summed E-state index contributed by atoms with van der Waals surface area (Å²) in [5.74, 6) is 1.00. The second-order valence-electron chi connectivity index (χ2n) is 9.42. The maximum atomic E-state index is 13.4. The van der Waals surface area contributed by atoms with Gasteiger partial charge in [-0.25, -0.2) is 9.78 Å². The first-order chi connectivity index (χ1) is 18.4. The SMILES string of the molecule is COc1ccc2nc(C(=O)N3CCC4(CC3)CC(=O)c3cc(-c5noc(=O)[nH]5)ccc3O4)cc(OC)c2c1. The van der Waals surface area contributed by atoms with Crippen LogP contribution in [-0.4, -0.2) is 64.6 Å². The Kier molecular flexibility index (Phi) is 5.63. The summed E-state index contributed by atoms with van der Waals surface area (Å²) >= 11 is 0. The van der Waals surface area contributed by atoms with E-state index in [1.807, 2.05) is 6.07 Å². The van der Waals surface area contributed by atoms with Crippen LogP contribution in [0.25, 0.3) is 22.3 Å². The minimum Gasteiger partial charge on any atom is -0.497 e. The number of piperidine rings is 1. The number of hydrogen-bond acceptors (Lipinski definition) is 9. The Labute approximate surface area is 216 Å². The highest BCUT2D eigenvalue weighted by atomic mass is 16.5. The molecule has 0 atom stereocenters. The van der Waals surface area contributed by atoms with Crippen LogP contribution in [-0.2, 0) is 0 Å². The van der Waals surface area contributed by atoms with E-state index in [4.69, 9.17) is 14.2 Å². The number of amides is 1. The molecule has 1 N–H and O–H groups in total. The lowest BCUT2D eigenvalue weighted by Crippen LogP contribution is -2.52. The third-order valence-corrected chi connectivity index (χ3v) is 7.18. The lowest BCUT2D eigenvalue weighted by molar-refractivity contribution is -0.00584. The number of ketones is 1. The molecular formula is C27H24N4O7. The van der Waals surface area contributed by atoms with Gasteiger partial charge in [0.1, 0.15) is 28.5 Å². The molecule has 2 aliphatic rings. The molecule has 38 heavy (non-hydrogen) atoms. The van der Waals surface area contributed by atoms with E-state index in [1.54, 1.807) is 55.5 Å². The van der Waals surface area contributed by atoms with E-state index in [0.29, 0.717) is 65.5 Å². The molecule has 0 radical (unpaired) electrons. The van der Waals surface area contributed by atoms with Gasteiger partial charge >= 0.3 is 5.76 Å². The van der Waals surface area contributed by atoms with Crippen LogP contribution in [0.1, 0.15) is 40.1 Å². The third-order valence-electron chi connectivity index (χ3n) is 7.18. The van der Waals surface area contributed by atoms with Gasteiger partial charge in [0.05, 0.1) is 31.7 Å². The average Bonchev–Trinajstić information content (AvgIpc) is 3.38. The number of Topliss-reactive ketones (excluding diaryl/α,β-unsaturated/α-hetero) is 1. The number of hydrogen-bond donors (Lipinski definition) is 1. The number of ether oxygens (including phenoxy) is 3. The summed E-state index contributed by atoms with van der Waals surface area (Å²) in [7, 11) is 3.14. The summed E-state index contributed by atoms with van der Waals surface area (Å²) in [6.45, 7) is 0.842. The zero-order valence-corrected chi connectivity index (χ0v) is 20.8. The first-order valence-electron chi connectivity index (χ1n) is 12.1. The summed E-state index contributed by atoms with van der Waals surface area (Å²) in [4.78, 5) is 46.6. The maximum absolute atomic E-state index is 13.4. The van der Waals surface area contributed by atoms with Crippen molar-refractivity contribution in [1.29, 1.82) is 0 Å². The number of methoxy groups -OCH3 is 2. The minimum atomic E-state index is -0.685. The summed E-state index contributed by atoms with van der Waals surface area (Å²) in [6, 6.07) is 12.1. The standard InChI is InChI=1S/C27H24N4O7/c1-35-16-4-5-19-17(12-16)23(36-2)13-20(28-19)25(33)31-9-7-27(8-10-31)14-21(32)18-11-15(3-6-22(18)37-27)24-29-26(34)38-30-24/h3-6,11-13H,7-10,14H2,1-2H3,(H,29,30,34). The fourth-order valence-corrected chi connectivity index (χ4v) is 5.13. The number of aromatic nitrogens is 3. The zero-order chi connectivity index (χ0) is 26.4. The molecule has 4 aromatic rings. The number of rotatable bonds is 4. The highest BCUT2D eigenvalue weighted by Crippen LogP contribution is 2.41. The molecular weight excluding hydrogens is 492 g/mol. The first-order valence-corrected chi connectivity index (χ1v) is 12.1. The highest BCUT2D eigenvalue weighted by molar-refractivity contribution is 6.01. The van der Waals surface area contributed by atoms with Crippen molar-refractivity contribution >= 4 is 22.6 Å². The van der Waals surface area contributed by atoms with E-state index in [-0.39, 0.29) is 23.9 Å². The van der Waals surface area contributed by atoms with Gasteiger partial charge in [-0.3, -0.25) is 19.1 Å². The van der Waals surface area contributed by atoms with Gasteiger partial charge in [-0.15, -0.1) is 0 Å². The number of nitrogens with one attached hydrogen (secondary N) is 1. The Morgan fingerprint density at radius 2 is 1.87 bits per heavy atom. The van der Waals surface area contributed by atoms with E-state index in [1.165, 1.54) is 0 Å². The summed E-state index contributed by atoms with van der Waals surface area (Å²) in [6.07, 6.45) is 1.21. The molecule has 0 aliphatic carbocycles. The molecule has 4 heterocycles. The maximum Gasteiger partial charge on any atom is 0.439 e. The average molecular weight is 517 g/mol. The molecule has 0 bridgehead atoms. The van der Waals surface area contributed by atoms with Crippen molar-refractivity contribution in [3.8, 4) is 28.6 Å². The largest absolute Gasteiger partial charge is 0.497 e. The van der Waals surface area contributed by atoms with Gasteiger partial charge in [-0.05, 0) is 36.4 Å². The minimum absolute atomic E-state index is 0.0601. The van der Waals surface area contributed by atoms with E-state index in [9.17, 15) is 14.4 Å². The number of pyridine rings is 1. The Bertz CT molecular complexity index is 1630. The molecule has 2 aromatic heterocycles. The zero-order valence-electron chi connectivity index (χ0n) is 20.8. The Hall–Kier alpha value is -4.67. The van der Waals surface area contributed by atoms with Crippen LogP contribution < -0.4 is 20.0 Å². The molecule has 11 nitrogen and oxygen atoms in total. The van der Waals surface area contributed by atoms with E-state index < -0.39 is 11.4 Å². The van der Waals surface area contributed by atoms with E-state index in [2.05, 4.69) is 19.6 Å². The fraction of sp³-hybridized carbons (Fsp3) is 0.296. The predicted molar refractivity (Wildman–Crippen MR) is 135 cm³/mol. The molecule has 1 saturated heterocycles. The van der Waals surface area contributed by atoms with Crippen LogP contribution in [0.3, 0.4) is 0 Å². The molecule has 0 unspecified atom stereocenters. The van der Waals surface area contributed by atoms with Crippen LogP contribution in [0.5, 0.6) is 17.2 Å². The van der Waals surface area contributed by atoms with Crippen LogP contribution in [0.2, 0.25) is 0 Å². The Morgan fingerprint density at radius 3 is 2.58 bits per heavy atom. The molecule has 1 amide bonds. The van der Waals surface area contributed by atoms with Crippen LogP contribution >= 0.6 is 0 Å². The fourth-order valence-electron chi connectivity index (χ4n) is 5.13. The van der Waals surface area contributed by atoms with Crippen molar-refractivity contribution in [1.82, 2.24) is 20.0 Å². The summed E-state index contributed by atoms with van der Waals surface area (Å²) in [5.41, 5.74) is 1.23. The molecule has 1 fully saturated rings. The lowest BCUT2D eigenvalue weighted by Gasteiger charge is -2.43. The molecule has 1 spiro atoms. The van der Waals surface area contributed by atoms with Gasteiger partial charge in [0.15, 0.2) is 11.6 Å². The van der Waals surface area contributed by atoms with Gasteiger partial charge in [0.25, 0.3) is 5.91 Å². The van der Waals surface area contributed by atoms with Crippen molar-refractivity contribution < 1.29 is 28.3 Å². The van der Waals surface area contributed by atoms with Gasteiger partial charge in [0.2, 0.25) is 0 Å². The third kappa shape index (κ3) is 4.05. The van der Waals surface area contributed by atoms with Gasteiger partial charge in [-0.2, -0.15) is 0 Å². The monoisotopic (exact) mass is 516 g/mol. The second-order valence-corrected chi connectivity index (χ2v) is 9.42. The number of carbonyl (C=O) groups excluding carboxylic acids is 2. The van der Waals surface area contributed by atoms with Gasteiger partial charge in [0, 0.05) is 42.9 Å². The Balaban J connectivity index is 1.19. The van der Waals surface area contributed by atoms with Gasteiger partial charge in [-0.1, -0.05) is 5.16 Å². The quantitative estimate of drug-likeness (QED) is 0.433. The van der Waals surface area contributed by atoms with Crippen molar-refractivity contribution in [2.24, 2.45) is 0 Å². The molecule has 2 aliphatic heterocycles. The molecule has 2 aromatic carbocycles. The van der Waals surface area contributed by atoms with Gasteiger partial charge < -0.3 is 19.1 Å². The summed E-state index contributed by atoms with van der Waals surface area (Å²) in [5, 5.41) is 4.43. The van der Waals surface area contributed by atoms with Crippen LogP contribution in [0.4, 0.5) is 0 Å². The number of aromatic amines is 1. The smallest absolute Gasteiger partial charge is 0.439 e. The lowest BCUT2D eigenvalue weighted by atomic mass is 9.82. The second kappa shape index (κ2) is 9.02. The number of fused-ring (bicyclic) bond motifs is 2. The van der Waals surface area contributed by atoms with Crippen LogP contribution in [0.15, 0.2) is 51.8 Å². The Morgan fingerprint density at radius 1 is 1.05 bits per heavy atom. The van der Waals surface area contributed by atoms with E-state index in [0.717, 1.165) is 5.39 Å². The van der Waals surface area contributed by atoms with Crippen molar-refractivity contribution in [2.75, 3.05) is 27.3 Å².